The largest absolute Gasteiger partial charge is 0.372 e. The molecule has 1 aromatic heterocycles. The number of hydrogen-bond acceptors (Lipinski definition) is 4. The number of carbonyl (C=O) groups excluding carboxylic acids is 2. The van der Waals surface area contributed by atoms with Gasteiger partial charge in [0.2, 0.25) is 0 Å². The van der Waals surface area contributed by atoms with E-state index in [1.54, 1.807) is 0 Å². The predicted molar refractivity (Wildman–Crippen MR) is 146 cm³/mol. The molecule has 2 aromatic rings. The molecule has 2 bridgehead atoms. The predicted octanol–water partition coefficient (Wildman–Crippen LogP) is 5.07. The van der Waals surface area contributed by atoms with Gasteiger partial charge in [-0.1, -0.05) is 18.6 Å². The van der Waals surface area contributed by atoms with Crippen molar-refractivity contribution < 1.29 is 9.59 Å². The maximum Gasteiger partial charge on any atom is 0.137 e. The van der Waals surface area contributed by atoms with E-state index in [0.29, 0.717) is 47.8 Å². The SMILES string of the molecule is O=C1CC2C3CCC(C3)C2C(=O)CC1CCCC([Si])N1CCC2(CC1)Nc1ccccc1-n1cccc12. The maximum absolute atomic E-state index is 13.1. The molecule has 7 rings (SSSR count). The Morgan fingerprint density at radius 3 is 2.68 bits per heavy atom. The Morgan fingerprint density at radius 1 is 1.00 bits per heavy atom. The zero-order valence-electron chi connectivity index (χ0n) is 21.7. The van der Waals surface area contributed by atoms with Crippen molar-refractivity contribution in [1.29, 1.82) is 0 Å². The van der Waals surface area contributed by atoms with Gasteiger partial charge in [-0.3, -0.25) is 9.59 Å². The van der Waals surface area contributed by atoms with E-state index in [1.807, 2.05) is 0 Å². The number of nitrogens with one attached hydrogen (secondary N) is 1. The summed E-state index contributed by atoms with van der Waals surface area (Å²) in [6.45, 7) is 2.06. The molecule has 5 nitrogen and oxygen atoms in total. The number of fused-ring (bicyclic) bond motifs is 9. The molecule has 193 valence electrons. The third-order valence-corrected chi connectivity index (χ3v) is 11.4. The van der Waals surface area contributed by atoms with Crippen LogP contribution < -0.4 is 5.32 Å². The summed E-state index contributed by atoms with van der Waals surface area (Å²) in [5.41, 5.74) is 4.11. The fourth-order valence-electron chi connectivity index (χ4n) is 8.79. The highest BCUT2D eigenvalue weighted by atomic mass is 28.1. The molecule has 3 aliphatic carbocycles. The topological polar surface area (TPSA) is 54.3 Å². The molecule has 1 saturated heterocycles. The van der Waals surface area contributed by atoms with Gasteiger partial charge in [0, 0.05) is 59.9 Å². The van der Waals surface area contributed by atoms with Crippen LogP contribution in [0.5, 0.6) is 0 Å². The van der Waals surface area contributed by atoms with Crippen LogP contribution in [0.15, 0.2) is 42.6 Å². The first-order valence-electron chi connectivity index (χ1n) is 14.6. The van der Waals surface area contributed by atoms with Gasteiger partial charge in [-0.2, -0.15) is 0 Å². The lowest BCUT2D eigenvalue weighted by Crippen LogP contribution is -2.52. The summed E-state index contributed by atoms with van der Waals surface area (Å²) in [7, 11) is 4.04. The Labute approximate surface area is 223 Å². The van der Waals surface area contributed by atoms with Crippen LogP contribution in [0.2, 0.25) is 0 Å². The van der Waals surface area contributed by atoms with Crippen molar-refractivity contribution in [2.75, 3.05) is 18.4 Å². The van der Waals surface area contributed by atoms with Crippen LogP contribution in [0.3, 0.4) is 0 Å². The smallest absolute Gasteiger partial charge is 0.137 e. The average Bonchev–Trinajstić information content (AvgIpc) is 3.64. The lowest BCUT2D eigenvalue weighted by Gasteiger charge is -2.47. The van der Waals surface area contributed by atoms with E-state index in [9.17, 15) is 9.59 Å². The van der Waals surface area contributed by atoms with Crippen molar-refractivity contribution in [3.05, 3.63) is 48.3 Å². The number of likely N-dealkylation sites (tertiary alicyclic amines) is 1. The highest BCUT2D eigenvalue weighted by Crippen LogP contribution is 2.55. The van der Waals surface area contributed by atoms with Crippen LogP contribution in [0.1, 0.15) is 69.9 Å². The summed E-state index contributed by atoms with van der Waals surface area (Å²) in [5.74, 6) is 2.55. The minimum atomic E-state index is -0.0414. The summed E-state index contributed by atoms with van der Waals surface area (Å²) in [4.78, 5) is 28.8. The molecule has 0 amide bonds. The molecular formula is C31H38N3O2Si. The minimum absolute atomic E-state index is 0.0229. The van der Waals surface area contributed by atoms with Crippen LogP contribution in [-0.4, -0.2) is 50.0 Å². The molecule has 2 aliphatic heterocycles. The number of hydrogen-bond donors (Lipinski definition) is 1. The molecule has 6 unspecified atom stereocenters. The number of para-hydroxylation sites is 2. The van der Waals surface area contributed by atoms with Gasteiger partial charge in [-0.15, -0.1) is 0 Å². The Balaban J connectivity index is 0.942. The van der Waals surface area contributed by atoms with E-state index in [2.05, 4.69) is 67.6 Å². The molecule has 3 heterocycles. The number of carbonyl (C=O) groups is 2. The van der Waals surface area contributed by atoms with Crippen LogP contribution in [0.25, 0.3) is 5.69 Å². The Kier molecular flexibility index (Phi) is 5.96. The van der Waals surface area contributed by atoms with Crippen molar-refractivity contribution in [1.82, 2.24) is 9.47 Å². The molecule has 6 atom stereocenters. The Morgan fingerprint density at radius 2 is 1.81 bits per heavy atom. The number of anilines is 1. The summed E-state index contributed by atoms with van der Waals surface area (Å²) < 4.78 is 2.36. The fourth-order valence-corrected chi connectivity index (χ4v) is 9.25. The third kappa shape index (κ3) is 3.97. The summed E-state index contributed by atoms with van der Waals surface area (Å²) >= 11 is 0. The molecule has 4 fully saturated rings. The molecule has 6 heteroatoms. The van der Waals surface area contributed by atoms with Crippen LogP contribution >= 0.6 is 0 Å². The van der Waals surface area contributed by atoms with Crippen LogP contribution in [0, 0.1) is 29.6 Å². The van der Waals surface area contributed by atoms with E-state index in [-0.39, 0.29) is 17.4 Å². The summed E-state index contributed by atoms with van der Waals surface area (Å²) in [6.07, 6.45) is 12.0. The molecular weight excluding hydrogens is 474 g/mol. The lowest BCUT2D eigenvalue weighted by molar-refractivity contribution is -0.128. The van der Waals surface area contributed by atoms with Crippen molar-refractivity contribution in [3.8, 4) is 5.69 Å². The first kappa shape index (κ1) is 23.9. The van der Waals surface area contributed by atoms with E-state index in [4.69, 9.17) is 0 Å². The lowest BCUT2D eigenvalue weighted by atomic mass is 9.76. The van der Waals surface area contributed by atoms with Gasteiger partial charge in [0.05, 0.1) is 16.9 Å². The van der Waals surface area contributed by atoms with Crippen molar-refractivity contribution in [2.45, 2.75) is 75.4 Å². The second-order valence-corrected chi connectivity index (χ2v) is 13.2. The maximum atomic E-state index is 13.1. The molecule has 1 aromatic carbocycles. The van der Waals surface area contributed by atoms with E-state index >= 15 is 0 Å². The quantitative estimate of drug-likeness (QED) is 0.569. The average molecular weight is 513 g/mol. The Hall–Kier alpha value is -2.18. The number of rotatable bonds is 5. The van der Waals surface area contributed by atoms with Gasteiger partial charge in [0.1, 0.15) is 11.6 Å². The van der Waals surface area contributed by atoms with Crippen molar-refractivity contribution in [3.63, 3.8) is 0 Å². The van der Waals surface area contributed by atoms with Crippen molar-refractivity contribution in [2.24, 2.45) is 29.6 Å². The van der Waals surface area contributed by atoms with Gasteiger partial charge < -0.3 is 14.8 Å². The summed E-state index contributed by atoms with van der Waals surface area (Å²) in [6, 6.07) is 13.0. The van der Waals surface area contributed by atoms with Gasteiger partial charge >= 0.3 is 0 Å². The van der Waals surface area contributed by atoms with Gasteiger partial charge in [-0.05, 0) is 92.6 Å². The molecule has 37 heavy (non-hydrogen) atoms. The van der Waals surface area contributed by atoms with E-state index in [0.717, 1.165) is 45.2 Å². The molecule has 5 aliphatic rings. The zero-order chi connectivity index (χ0) is 25.1. The van der Waals surface area contributed by atoms with Gasteiger partial charge in [0.15, 0.2) is 0 Å². The number of aromatic nitrogens is 1. The number of benzene rings is 1. The molecule has 3 saturated carbocycles. The molecule has 1 spiro atoms. The zero-order valence-corrected chi connectivity index (χ0v) is 22.7. The fraction of sp³-hybridized carbons (Fsp3) is 0.613. The Bertz CT molecular complexity index is 1200. The normalized spacial score (nSPS) is 32.9. The van der Waals surface area contributed by atoms with E-state index < -0.39 is 0 Å². The minimum Gasteiger partial charge on any atom is -0.372 e. The second kappa shape index (κ2) is 9.23. The first-order valence-corrected chi connectivity index (χ1v) is 15.2. The van der Waals surface area contributed by atoms with Crippen molar-refractivity contribution >= 4 is 27.5 Å². The monoisotopic (exact) mass is 512 g/mol. The van der Waals surface area contributed by atoms with Gasteiger partial charge in [0.25, 0.3) is 0 Å². The molecule has 1 N–H and O–H groups in total. The van der Waals surface area contributed by atoms with Crippen LogP contribution in [-0.2, 0) is 15.1 Å². The van der Waals surface area contributed by atoms with Gasteiger partial charge in [-0.25, -0.2) is 0 Å². The van der Waals surface area contributed by atoms with E-state index in [1.165, 1.54) is 36.3 Å². The third-order valence-electron chi connectivity index (χ3n) is 10.7. The number of Topliss-reactive ketones (excluding diaryl/α,β-unsaturated/α-hetero) is 2. The highest BCUT2D eigenvalue weighted by molar-refractivity contribution is 6.11. The standard InChI is InChI=1S/C31H38N3O2Si/c35-26-19-23-20-10-11-22(17-20)30(23)27(36)18-21(26)5-3-9-29(37)33-15-12-31(13-16-33)28-8-4-14-34(28)25-7-2-1-6-24(25)32-31/h1-2,4,6-8,14,20-23,29-30,32H,3,5,9-13,15-19H2. The van der Waals surface area contributed by atoms with Crippen LogP contribution in [0.4, 0.5) is 5.69 Å². The summed E-state index contributed by atoms with van der Waals surface area (Å²) in [5, 5.41) is 3.91. The highest BCUT2D eigenvalue weighted by Gasteiger charge is 2.53. The number of nitrogens with zero attached hydrogens (tertiary/aromatic N) is 2. The number of ketones is 2. The second-order valence-electron chi connectivity index (χ2n) is 12.5. The molecule has 3 radical (unpaired) electrons. The number of piperidine rings is 1. The first-order chi connectivity index (χ1) is 18.0.